The highest BCUT2D eigenvalue weighted by molar-refractivity contribution is 7.10. The second kappa shape index (κ2) is 9.86. The summed E-state index contributed by atoms with van der Waals surface area (Å²) in [5.41, 5.74) is 2.66. The first kappa shape index (κ1) is 19.9. The number of nitrogens with zero attached hydrogens (tertiary/aromatic N) is 1. The van der Waals surface area contributed by atoms with E-state index in [9.17, 15) is 4.79 Å². The topological polar surface area (TPSA) is 36.9 Å². The summed E-state index contributed by atoms with van der Waals surface area (Å²) in [6, 6.07) is 25.6. The Hall–Kier alpha value is -2.43. The second-order valence-electron chi connectivity index (χ2n) is 7.86. The van der Waals surface area contributed by atoms with Crippen molar-refractivity contribution in [2.45, 2.75) is 25.3 Å². The van der Waals surface area contributed by atoms with Gasteiger partial charge in [-0.15, -0.1) is 11.3 Å². The average molecular weight is 406 g/mol. The molecule has 0 bridgehead atoms. The fourth-order valence-corrected chi connectivity index (χ4v) is 5.08. The van der Waals surface area contributed by atoms with Crippen LogP contribution in [0.25, 0.3) is 0 Å². The van der Waals surface area contributed by atoms with Crippen LogP contribution in [-0.2, 0) is 11.2 Å². The Morgan fingerprint density at radius 3 is 2.31 bits per heavy atom. The number of hydrogen-bond donors (Lipinski definition) is 1. The fraction of sp³-hybridized carbons (Fsp3) is 0.320. The van der Waals surface area contributed by atoms with Gasteiger partial charge < -0.3 is 10.2 Å². The van der Waals surface area contributed by atoms with E-state index in [-0.39, 0.29) is 11.9 Å². The molecular formula is C25H29N2OS+. The number of piperidine rings is 1. The van der Waals surface area contributed by atoms with Crippen molar-refractivity contribution in [2.75, 3.05) is 19.6 Å². The molecule has 0 aliphatic carbocycles. The minimum absolute atomic E-state index is 0.191. The molecule has 1 aliphatic rings. The van der Waals surface area contributed by atoms with Crippen LogP contribution in [-0.4, -0.2) is 30.4 Å². The Morgan fingerprint density at radius 1 is 0.966 bits per heavy atom. The molecule has 1 aromatic heterocycles. The lowest BCUT2D eigenvalue weighted by molar-refractivity contribution is -0.676. The van der Waals surface area contributed by atoms with Crippen molar-refractivity contribution in [3.05, 3.63) is 94.2 Å². The number of amides is 1. The van der Waals surface area contributed by atoms with Crippen LogP contribution in [0.1, 0.15) is 34.9 Å². The van der Waals surface area contributed by atoms with Crippen LogP contribution in [0.5, 0.6) is 0 Å². The van der Waals surface area contributed by atoms with Gasteiger partial charge in [0.15, 0.2) is 6.54 Å². The van der Waals surface area contributed by atoms with E-state index in [1.807, 2.05) is 6.07 Å². The first-order valence-electron chi connectivity index (χ1n) is 10.5. The first-order valence-corrected chi connectivity index (χ1v) is 11.4. The highest BCUT2D eigenvalue weighted by atomic mass is 32.1. The van der Waals surface area contributed by atoms with Gasteiger partial charge in [0.1, 0.15) is 6.04 Å². The highest BCUT2D eigenvalue weighted by Crippen LogP contribution is 2.23. The van der Waals surface area contributed by atoms with E-state index in [0.717, 1.165) is 32.4 Å². The van der Waals surface area contributed by atoms with Gasteiger partial charge in [0, 0.05) is 18.7 Å². The van der Waals surface area contributed by atoms with Crippen molar-refractivity contribution in [1.29, 1.82) is 0 Å². The minimum atomic E-state index is 0.191. The van der Waals surface area contributed by atoms with E-state index in [1.54, 1.807) is 11.3 Å². The highest BCUT2D eigenvalue weighted by Gasteiger charge is 2.26. The van der Waals surface area contributed by atoms with Crippen LogP contribution >= 0.6 is 11.3 Å². The zero-order valence-corrected chi connectivity index (χ0v) is 17.6. The van der Waals surface area contributed by atoms with Crippen molar-refractivity contribution in [3.8, 4) is 0 Å². The Balaban J connectivity index is 1.30. The van der Waals surface area contributed by atoms with Gasteiger partial charge in [-0.25, -0.2) is 0 Å². The third-order valence-electron chi connectivity index (χ3n) is 5.87. The maximum Gasteiger partial charge on any atom is 0.277 e. The van der Waals surface area contributed by atoms with Crippen LogP contribution < -0.4 is 5.32 Å². The Kier molecular flexibility index (Phi) is 6.75. The molecule has 3 aromatic rings. The molecule has 1 amide bonds. The lowest BCUT2D eigenvalue weighted by Gasteiger charge is -2.32. The molecule has 150 valence electrons. The molecular weight excluding hydrogens is 376 g/mol. The standard InChI is InChI=1S/C25H28N2OS/c28-24(27-15-13-21(14-16-27)18-20-8-3-1-4-9-20)19-26-25(23-12-7-17-29-23)22-10-5-2-6-11-22/h1-12,17,21,25-26H,13-16,18-19H2/p+1/t25-/m1/s1. The molecule has 1 saturated heterocycles. The van der Waals surface area contributed by atoms with E-state index in [1.165, 1.54) is 16.0 Å². The maximum atomic E-state index is 12.9. The van der Waals surface area contributed by atoms with Gasteiger partial charge in [0.25, 0.3) is 5.91 Å². The number of benzene rings is 2. The number of carbonyl (C=O) groups excluding carboxylic acids is 1. The summed E-state index contributed by atoms with van der Waals surface area (Å²) >= 11 is 1.76. The van der Waals surface area contributed by atoms with E-state index >= 15 is 0 Å². The number of carbonyl (C=O) groups is 1. The summed E-state index contributed by atoms with van der Waals surface area (Å²) in [5.74, 6) is 0.953. The molecule has 2 aromatic carbocycles. The van der Waals surface area contributed by atoms with Crippen molar-refractivity contribution < 1.29 is 10.1 Å². The normalized spacial score (nSPS) is 15.9. The third kappa shape index (κ3) is 5.34. The van der Waals surface area contributed by atoms with Crippen molar-refractivity contribution in [3.63, 3.8) is 0 Å². The predicted molar refractivity (Wildman–Crippen MR) is 119 cm³/mol. The van der Waals surface area contributed by atoms with Gasteiger partial charge in [-0.1, -0.05) is 66.7 Å². The van der Waals surface area contributed by atoms with Crippen LogP contribution in [0.2, 0.25) is 0 Å². The van der Waals surface area contributed by atoms with Crippen LogP contribution in [0.3, 0.4) is 0 Å². The number of quaternary nitrogens is 1. The molecule has 0 saturated carbocycles. The van der Waals surface area contributed by atoms with Gasteiger partial charge >= 0.3 is 0 Å². The maximum absolute atomic E-state index is 12.9. The van der Waals surface area contributed by atoms with Crippen molar-refractivity contribution >= 4 is 17.2 Å². The number of nitrogens with two attached hydrogens (primary N) is 1. The van der Waals surface area contributed by atoms with Gasteiger partial charge in [-0.05, 0) is 42.2 Å². The molecule has 0 unspecified atom stereocenters. The van der Waals surface area contributed by atoms with E-state index in [0.29, 0.717) is 12.5 Å². The molecule has 4 rings (SSSR count). The van der Waals surface area contributed by atoms with Gasteiger partial charge in [-0.3, -0.25) is 4.79 Å². The fourth-order valence-electron chi connectivity index (χ4n) is 4.23. The number of hydrogen-bond acceptors (Lipinski definition) is 2. The Bertz CT molecular complexity index is 872. The van der Waals surface area contributed by atoms with Crippen LogP contribution in [0, 0.1) is 5.92 Å². The van der Waals surface area contributed by atoms with Crippen molar-refractivity contribution in [2.24, 2.45) is 5.92 Å². The van der Waals surface area contributed by atoms with E-state index in [4.69, 9.17) is 0 Å². The predicted octanol–water partition coefficient (Wildman–Crippen LogP) is 3.88. The van der Waals surface area contributed by atoms with Gasteiger partial charge in [0.2, 0.25) is 0 Å². The molecule has 0 radical (unpaired) electrons. The first-order chi connectivity index (χ1) is 14.3. The third-order valence-corrected chi connectivity index (χ3v) is 6.83. The summed E-state index contributed by atoms with van der Waals surface area (Å²) in [7, 11) is 0. The zero-order chi connectivity index (χ0) is 19.9. The van der Waals surface area contributed by atoms with Crippen molar-refractivity contribution in [1.82, 2.24) is 4.90 Å². The zero-order valence-electron chi connectivity index (χ0n) is 16.7. The summed E-state index contributed by atoms with van der Waals surface area (Å²) < 4.78 is 0. The second-order valence-corrected chi connectivity index (χ2v) is 8.84. The summed E-state index contributed by atoms with van der Waals surface area (Å²) in [6.45, 7) is 2.28. The Morgan fingerprint density at radius 2 is 1.66 bits per heavy atom. The molecule has 1 atom stereocenters. The van der Waals surface area contributed by atoms with Gasteiger partial charge in [0.05, 0.1) is 4.88 Å². The summed E-state index contributed by atoms with van der Waals surface area (Å²) in [5, 5.41) is 4.30. The smallest absolute Gasteiger partial charge is 0.277 e. The SMILES string of the molecule is O=C(C[NH2+][C@H](c1ccccc1)c1cccs1)N1CCC(Cc2ccccc2)CC1. The summed E-state index contributed by atoms with van der Waals surface area (Å²) in [4.78, 5) is 16.2. The molecule has 2 heterocycles. The van der Waals surface area contributed by atoms with E-state index in [2.05, 4.69) is 82.3 Å². The molecule has 0 spiro atoms. The summed E-state index contributed by atoms with van der Waals surface area (Å²) in [6.07, 6.45) is 3.34. The largest absolute Gasteiger partial charge is 0.338 e. The van der Waals surface area contributed by atoms with Crippen LogP contribution in [0.15, 0.2) is 78.2 Å². The lowest BCUT2D eigenvalue weighted by Crippen LogP contribution is -2.87. The molecule has 29 heavy (non-hydrogen) atoms. The quantitative estimate of drug-likeness (QED) is 0.636. The van der Waals surface area contributed by atoms with Gasteiger partial charge in [-0.2, -0.15) is 0 Å². The van der Waals surface area contributed by atoms with E-state index < -0.39 is 0 Å². The molecule has 1 fully saturated rings. The molecule has 1 aliphatic heterocycles. The lowest BCUT2D eigenvalue weighted by atomic mass is 9.90. The average Bonchev–Trinajstić information content (AvgIpc) is 3.30. The molecule has 3 nitrogen and oxygen atoms in total. The Labute approximate surface area is 177 Å². The molecule has 4 heteroatoms. The van der Waals surface area contributed by atoms with Crippen LogP contribution in [0.4, 0.5) is 0 Å². The number of rotatable bonds is 7. The number of likely N-dealkylation sites (tertiary alicyclic amines) is 1. The monoisotopic (exact) mass is 405 g/mol. The minimum Gasteiger partial charge on any atom is -0.338 e. The number of thiophene rings is 1. The molecule has 2 N–H and O–H groups in total.